The Labute approximate surface area is 126 Å². The van der Waals surface area contributed by atoms with E-state index in [9.17, 15) is 9.59 Å². The first-order valence-electron chi connectivity index (χ1n) is 7.48. The third kappa shape index (κ3) is 3.43. The van der Waals surface area contributed by atoms with E-state index in [1.54, 1.807) is 0 Å². The van der Waals surface area contributed by atoms with Crippen LogP contribution < -0.4 is 0 Å². The summed E-state index contributed by atoms with van der Waals surface area (Å²) >= 11 is 0. The number of carbonyl (C=O) groups excluding carboxylic acids is 2. The number of likely N-dealkylation sites (tertiary alicyclic amines) is 1. The minimum Gasteiger partial charge on any atom is -0.469 e. The molecule has 1 aromatic carbocycles. The Hall–Kier alpha value is -1.84. The maximum atomic E-state index is 12.9. The van der Waals surface area contributed by atoms with E-state index in [4.69, 9.17) is 4.74 Å². The normalized spacial score (nSPS) is 18.4. The van der Waals surface area contributed by atoms with Gasteiger partial charge in [0.2, 0.25) is 0 Å². The van der Waals surface area contributed by atoms with Crippen molar-refractivity contribution >= 4 is 11.9 Å². The number of hydrogen-bond donors (Lipinski definition) is 0. The van der Waals surface area contributed by atoms with Crippen LogP contribution in [0, 0.1) is 13.8 Å². The first-order chi connectivity index (χ1) is 10.0. The molecule has 1 aromatic rings. The first kappa shape index (κ1) is 15.5. The van der Waals surface area contributed by atoms with Gasteiger partial charge in [0, 0.05) is 18.2 Å². The number of amides is 1. The van der Waals surface area contributed by atoms with E-state index in [1.807, 2.05) is 36.9 Å². The van der Waals surface area contributed by atoms with Crippen molar-refractivity contribution in [3.05, 3.63) is 34.9 Å². The Bertz CT molecular complexity index is 519. The maximum Gasteiger partial charge on any atom is 0.307 e. The third-order valence-electron chi connectivity index (χ3n) is 4.21. The molecule has 1 unspecified atom stereocenters. The van der Waals surface area contributed by atoms with Crippen molar-refractivity contribution in [1.29, 1.82) is 0 Å². The molecular formula is C17H23NO3. The van der Waals surface area contributed by atoms with Crippen molar-refractivity contribution in [3.8, 4) is 0 Å². The highest BCUT2D eigenvalue weighted by atomic mass is 16.5. The lowest BCUT2D eigenvalue weighted by Gasteiger charge is -2.36. The van der Waals surface area contributed by atoms with Crippen LogP contribution in [0.1, 0.15) is 47.2 Å². The van der Waals surface area contributed by atoms with Gasteiger partial charge >= 0.3 is 5.97 Å². The number of ether oxygens (including phenoxy) is 1. The van der Waals surface area contributed by atoms with Gasteiger partial charge in [-0.2, -0.15) is 0 Å². The molecule has 1 fully saturated rings. The zero-order chi connectivity index (χ0) is 15.4. The van der Waals surface area contributed by atoms with E-state index in [1.165, 1.54) is 7.11 Å². The molecule has 2 rings (SSSR count). The van der Waals surface area contributed by atoms with Gasteiger partial charge in [-0.05, 0) is 44.2 Å². The summed E-state index contributed by atoms with van der Waals surface area (Å²) in [6.45, 7) is 4.63. The lowest BCUT2D eigenvalue weighted by atomic mass is 9.95. The van der Waals surface area contributed by atoms with Gasteiger partial charge in [-0.1, -0.05) is 18.2 Å². The van der Waals surface area contributed by atoms with E-state index in [0.29, 0.717) is 6.54 Å². The number of nitrogens with zero attached hydrogens (tertiary/aromatic N) is 1. The fraction of sp³-hybridized carbons (Fsp3) is 0.529. The van der Waals surface area contributed by atoms with E-state index < -0.39 is 0 Å². The highest BCUT2D eigenvalue weighted by molar-refractivity contribution is 5.97. The Kier molecular flexibility index (Phi) is 4.99. The van der Waals surface area contributed by atoms with Gasteiger partial charge < -0.3 is 9.64 Å². The second-order valence-electron chi connectivity index (χ2n) is 5.70. The second-order valence-corrected chi connectivity index (χ2v) is 5.70. The van der Waals surface area contributed by atoms with Crippen LogP contribution in [-0.2, 0) is 9.53 Å². The number of carbonyl (C=O) groups is 2. The lowest BCUT2D eigenvalue weighted by molar-refractivity contribution is -0.142. The highest BCUT2D eigenvalue weighted by Gasteiger charge is 2.30. The van der Waals surface area contributed by atoms with Gasteiger partial charge in [0.15, 0.2) is 0 Å². The number of piperidine rings is 1. The van der Waals surface area contributed by atoms with Crippen LogP contribution in [-0.4, -0.2) is 36.5 Å². The SMILES string of the molecule is COC(=O)CC1CCCCN1C(=O)c1c(C)cccc1C. The molecule has 1 aliphatic heterocycles. The van der Waals surface area contributed by atoms with Gasteiger partial charge in [0.1, 0.15) is 0 Å². The molecule has 0 radical (unpaired) electrons. The van der Waals surface area contributed by atoms with Crippen molar-refractivity contribution in [3.63, 3.8) is 0 Å². The Morgan fingerprint density at radius 2 is 1.90 bits per heavy atom. The Balaban J connectivity index is 2.24. The lowest BCUT2D eigenvalue weighted by Crippen LogP contribution is -2.45. The molecule has 0 bridgehead atoms. The predicted molar refractivity (Wildman–Crippen MR) is 81.2 cm³/mol. The van der Waals surface area contributed by atoms with Crippen LogP contribution in [0.15, 0.2) is 18.2 Å². The summed E-state index contributed by atoms with van der Waals surface area (Å²) in [5, 5.41) is 0. The van der Waals surface area contributed by atoms with E-state index in [2.05, 4.69) is 0 Å². The number of methoxy groups -OCH3 is 1. The van der Waals surface area contributed by atoms with Gasteiger partial charge in [-0.25, -0.2) is 0 Å². The van der Waals surface area contributed by atoms with Gasteiger partial charge in [-0.3, -0.25) is 9.59 Å². The molecule has 1 saturated heterocycles. The topological polar surface area (TPSA) is 46.6 Å². The summed E-state index contributed by atoms with van der Waals surface area (Å²) in [5.74, 6) is -0.208. The molecule has 1 amide bonds. The second kappa shape index (κ2) is 6.74. The molecular weight excluding hydrogens is 266 g/mol. The molecule has 1 heterocycles. The first-order valence-corrected chi connectivity index (χ1v) is 7.48. The van der Waals surface area contributed by atoms with Gasteiger partial charge in [0.05, 0.1) is 13.5 Å². The summed E-state index contributed by atoms with van der Waals surface area (Å²) in [6, 6.07) is 5.83. The minimum absolute atomic E-state index is 0.0409. The van der Waals surface area contributed by atoms with Crippen LogP contribution in [0.2, 0.25) is 0 Å². The van der Waals surface area contributed by atoms with E-state index >= 15 is 0 Å². The molecule has 1 atom stereocenters. The molecule has 4 nitrogen and oxygen atoms in total. The predicted octanol–water partition coefficient (Wildman–Crippen LogP) is 2.86. The van der Waals surface area contributed by atoms with Crippen molar-refractivity contribution in [2.24, 2.45) is 0 Å². The quantitative estimate of drug-likeness (QED) is 0.804. The molecule has 114 valence electrons. The monoisotopic (exact) mass is 289 g/mol. The Morgan fingerprint density at radius 3 is 2.52 bits per heavy atom. The average Bonchev–Trinajstić information content (AvgIpc) is 2.47. The summed E-state index contributed by atoms with van der Waals surface area (Å²) in [6.07, 6.45) is 3.20. The van der Waals surface area contributed by atoms with Crippen molar-refractivity contribution < 1.29 is 14.3 Å². The van der Waals surface area contributed by atoms with Gasteiger partial charge in [0.25, 0.3) is 5.91 Å². The number of esters is 1. The summed E-state index contributed by atoms with van der Waals surface area (Å²) in [5.41, 5.74) is 2.75. The van der Waals surface area contributed by atoms with Crippen LogP contribution in [0.3, 0.4) is 0 Å². The van der Waals surface area contributed by atoms with E-state index in [-0.39, 0.29) is 24.3 Å². The molecule has 0 aliphatic carbocycles. The van der Waals surface area contributed by atoms with E-state index in [0.717, 1.165) is 36.0 Å². The fourth-order valence-electron chi connectivity index (χ4n) is 3.05. The summed E-state index contributed by atoms with van der Waals surface area (Å²) in [7, 11) is 1.39. The van der Waals surface area contributed by atoms with Crippen LogP contribution >= 0.6 is 0 Å². The Morgan fingerprint density at radius 1 is 1.24 bits per heavy atom. The van der Waals surface area contributed by atoms with Crippen LogP contribution in [0.4, 0.5) is 0 Å². The maximum absolute atomic E-state index is 12.9. The number of hydrogen-bond acceptors (Lipinski definition) is 3. The van der Waals surface area contributed by atoms with Crippen molar-refractivity contribution in [2.45, 2.75) is 45.6 Å². The molecule has 0 N–H and O–H groups in total. The number of aryl methyl sites for hydroxylation is 2. The fourth-order valence-corrected chi connectivity index (χ4v) is 3.05. The number of rotatable bonds is 3. The zero-order valence-corrected chi connectivity index (χ0v) is 13.0. The molecule has 0 saturated carbocycles. The molecule has 4 heteroatoms. The summed E-state index contributed by atoms with van der Waals surface area (Å²) in [4.78, 5) is 26.3. The molecule has 0 aromatic heterocycles. The smallest absolute Gasteiger partial charge is 0.307 e. The third-order valence-corrected chi connectivity index (χ3v) is 4.21. The van der Waals surface area contributed by atoms with Gasteiger partial charge in [-0.15, -0.1) is 0 Å². The minimum atomic E-state index is -0.249. The van der Waals surface area contributed by atoms with Crippen LogP contribution in [0.5, 0.6) is 0 Å². The largest absolute Gasteiger partial charge is 0.469 e. The standard InChI is InChI=1S/C17H23NO3/c1-12-7-6-8-13(2)16(12)17(20)18-10-5-4-9-14(18)11-15(19)21-3/h6-8,14H,4-5,9-11H2,1-3H3. The molecule has 21 heavy (non-hydrogen) atoms. The van der Waals surface area contributed by atoms with Crippen molar-refractivity contribution in [2.75, 3.05) is 13.7 Å². The molecule has 0 spiro atoms. The zero-order valence-electron chi connectivity index (χ0n) is 13.0. The van der Waals surface area contributed by atoms with Crippen molar-refractivity contribution in [1.82, 2.24) is 4.90 Å². The average molecular weight is 289 g/mol. The van der Waals surface area contributed by atoms with Crippen LogP contribution in [0.25, 0.3) is 0 Å². The number of benzene rings is 1. The molecule has 1 aliphatic rings. The summed E-state index contributed by atoms with van der Waals surface area (Å²) < 4.78 is 4.76. The highest BCUT2D eigenvalue weighted by Crippen LogP contribution is 2.24.